The highest BCUT2D eigenvalue weighted by Crippen LogP contribution is 2.38. The summed E-state index contributed by atoms with van der Waals surface area (Å²) in [5, 5.41) is 10.9. The van der Waals surface area contributed by atoms with Crippen molar-refractivity contribution >= 4 is 28.2 Å². The first-order chi connectivity index (χ1) is 12.8. The van der Waals surface area contributed by atoms with Crippen molar-refractivity contribution in [1.29, 1.82) is 0 Å². The summed E-state index contributed by atoms with van der Waals surface area (Å²) in [5.41, 5.74) is 0.188. The maximum absolute atomic E-state index is 13.6. The zero-order valence-electron chi connectivity index (χ0n) is 14.4. The molecule has 0 N–H and O–H groups in total. The number of hydrogen-bond acceptors (Lipinski definition) is 6. The third-order valence-corrected chi connectivity index (χ3v) is 4.76. The summed E-state index contributed by atoms with van der Waals surface area (Å²) in [6.45, 7) is 2.24. The molecule has 7 nitrogen and oxygen atoms in total. The highest BCUT2D eigenvalue weighted by Gasteiger charge is 2.34. The second kappa shape index (κ2) is 6.36. The van der Waals surface area contributed by atoms with Gasteiger partial charge in [-0.15, -0.1) is 5.10 Å². The molecule has 1 aliphatic heterocycles. The van der Waals surface area contributed by atoms with Gasteiger partial charge in [-0.2, -0.15) is 17.7 Å². The van der Waals surface area contributed by atoms with E-state index in [4.69, 9.17) is 4.74 Å². The van der Waals surface area contributed by atoms with Gasteiger partial charge in [0.15, 0.2) is 5.65 Å². The van der Waals surface area contributed by atoms with Crippen LogP contribution in [0.15, 0.2) is 24.3 Å². The van der Waals surface area contributed by atoms with E-state index in [-0.39, 0.29) is 35.2 Å². The number of pyridine rings is 1. The van der Waals surface area contributed by atoms with Crippen LogP contribution in [0.3, 0.4) is 0 Å². The average molecular weight is 379 g/mol. The summed E-state index contributed by atoms with van der Waals surface area (Å²) >= 11 is 0. The Bertz CT molecular complexity index is 1020. The Hall–Kier alpha value is -2.91. The van der Waals surface area contributed by atoms with E-state index in [9.17, 15) is 18.0 Å². The zero-order chi connectivity index (χ0) is 19.2. The maximum Gasteiger partial charge on any atom is 0.417 e. The fraction of sp³-hybridized carbons (Fsp3) is 0.412. The van der Waals surface area contributed by atoms with E-state index in [1.165, 1.54) is 17.5 Å². The van der Waals surface area contributed by atoms with Crippen molar-refractivity contribution in [3.05, 3.63) is 29.8 Å². The van der Waals surface area contributed by atoms with Crippen LogP contribution in [0, 0.1) is 0 Å². The van der Waals surface area contributed by atoms with Crippen molar-refractivity contribution in [2.24, 2.45) is 0 Å². The minimum atomic E-state index is -4.53. The van der Waals surface area contributed by atoms with Crippen LogP contribution < -0.4 is 4.90 Å². The molecular formula is C17H16F3N5O2. The number of hydrogen-bond donors (Lipinski definition) is 0. The smallest absolute Gasteiger partial charge is 0.417 e. The van der Waals surface area contributed by atoms with E-state index in [1.807, 2.05) is 4.90 Å². The number of halogens is 3. The first kappa shape index (κ1) is 17.5. The molecule has 142 valence electrons. The Labute approximate surface area is 151 Å². The minimum absolute atomic E-state index is 0.0259. The van der Waals surface area contributed by atoms with Crippen molar-refractivity contribution in [2.45, 2.75) is 32.0 Å². The third-order valence-electron chi connectivity index (χ3n) is 4.76. The van der Waals surface area contributed by atoms with Crippen molar-refractivity contribution in [3.63, 3.8) is 0 Å². The Kier molecular flexibility index (Phi) is 4.12. The monoisotopic (exact) mass is 379 g/mol. The molecule has 2 aromatic heterocycles. The van der Waals surface area contributed by atoms with Gasteiger partial charge in [0.1, 0.15) is 6.61 Å². The van der Waals surface area contributed by atoms with Gasteiger partial charge in [-0.05, 0) is 47.5 Å². The van der Waals surface area contributed by atoms with Crippen molar-refractivity contribution < 1.29 is 22.7 Å². The Morgan fingerprint density at radius 1 is 1.33 bits per heavy atom. The van der Waals surface area contributed by atoms with Crippen molar-refractivity contribution in [1.82, 2.24) is 20.0 Å². The first-order valence-electron chi connectivity index (χ1n) is 8.46. The molecule has 0 unspecified atom stereocenters. The molecule has 0 saturated carbocycles. The molecule has 4 rings (SSSR count). The molecule has 10 heteroatoms. The molecule has 1 saturated heterocycles. The highest BCUT2D eigenvalue weighted by atomic mass is 19.4. The summed E-state index contributed by atoms with van der Waals surface area (Å²) in [6, 6.07) is 5.73. The van der Waals surface area contributed by atoms with Crippen LogP contribution >= 0.6 is 0 Å². The molecule has 0 radical (unpaired) electrons. The van der Waals surface area contributed by atoms with Crippen LogP contribution in [0.4, 0.5) is 18.9 Å². The quantitative estimate of drug-likeness (QED) is 0.652. The number of benzene rings is 1. The number of tetrazole rings is 1. The summed E-state index contributed by atoms with van der Waals surface area (Å²) in [6.07, 6.45) is -2.85. The highest BCUT2D eigenvalue weighted by molar-refractivity contribution is 5.88. The number of anilines is 1. The normalized spacial score (nSPS) is 17.8. The maximum atomic E-state index is 13.6. The molecule has 1 aliphatic rings. The lowest BCUT2D eigenvalue weighted by atomic mass is 10.1. The van der Waals surface area contributed by atoms with E-state index in [2.05, 4.69) is 15.5 Å². The molecule has 27 heavy (non-hydrogen) atoms. The predicted molar refractivity (Wildman–Crippen MR) is 90.3 cm³/mol. The number of carbonyl (C=O) groups is 1. The number of nitrogens with zero attached hydrogens (tertiary/aromatic N) is 5. The average Bonchev–Trinajstić information content (AvgIpc) is 3.26. The van der Waals surface area contributed by atoms with Crippen LogP contribution in [0.2, 0.25) is 0 Å². The molecule has 0 amide bonds. The van der Waals surface area contributed by atoms with Gasteiger partial charge in [-0.3, -0.25) is 4.79 Å². The molecule has 1 atom stereocenters. The van der Waals surface area contributed by atoms with E-state index < -0.39 is 11.7 Å². The van der Waals surface area contributed by atoms with E-state index in [0.29, 0.717) is 12.2 Å². The van der Waals surface area contributed by atoms with Gasteiger partial charge < -0.3 is 9.64 Å². The number of fused-ring (bicyclic) bond motifs is 3. The van der Waals surface area contributed by atoms with Gasteiger partial charge in [0.2, 0.25) is 0 Å². The van der Waals surface area contributed by atoms with Gasteiger partial charge in [-0.1, -0.05) is 0 Å². The van der Waals surface area contributed by atoms with Crippen LogP contribution in [0.25, 0.3) is 16.6 Å². The van der Waals surface area contributed by atoms with E-state index in [0.717, 1.165) is 18.9 Å². The molecule has 1 aromatic carbocycles. The summed E-state index contributed by atoms with van der Waals surface area (Å²) in [7, 11) is 0. The SMILES string of the molecule is CC(=O)OC[C@H]1CCCN1c1ccc2c(c1)c(C(F)(F)F)cc1nnnn12. The van der Waals surface area contributed by atoms with Gasteiger partial charge in [-0.25, -0.2) is 0 Å². The summed E-state index contributed by atoms with van der Waals surface area (Å²) in [5.74, 6) is -0.374. The third kappa shape index (κ3) is 3.15. The second-order valence-corrected chi connectivity index (χ2v) is 6.50. The number of aromatic nitrogens is 4. The summed E-state index contributed by atoms with van der Waals surface area (Å²) < 4.78 is 47.2. The number of esters is 1. The fourth-order valence-electron chi connectivity index (χ4n) is 3.56. The minimum Gasteiger partial charge on any atom is -0.464 e. The number of carbonyl (C=O) groups excluding carboxylic acids is 1. The van der Waals surface area contributed by atoms with Crippen molar-refractivity contribution in [2.75, 3.05) is 18.1 Å². The Balaban J connectivity index is 1.81. The van der Waals surface area contributed by atoms with Gasteiger partial charge in [0, 0.05) is 24.5 Å². The fourth-order valence-corrected chi connectivity index (χ4v) is 3.56. The molecule has 0 aliphatic carbocycles. The zero-order valence-corrected chi connectivity index (χ0v) is 14.4. The number of rotatable bonds is 3. The van der Waals surface area contributed by atoms with Gasteiger partial charge >= 0.3 is 12.1 Å². The molecule has 3 heterocycles. The molecule has 1 fully saturated rings. The molecule has 3 aromatic rings. The predicted octanol–water partition coefficient (Wildman–Crippen LogP) is 2.83. The lowest BCUT2D eigenvalue weighted by Crippen LogP contribution is -2.33. The summed E-state index contributed by atoms with van der Waals surface area (Å²) in [4.78, 5) is 13.1. The Morgan fingerprint density at radius 2 is 2.15 bits per heavy atom. The lowest BCUT2D eigenvalue weighted by molar-refractivity contribution is -0.141. The number of ether oxygens (including phenoxy) is 1. The van der Waals surface area contributed by atoms with Crippen LogP contribution in [0.1, 0.15) is 25.3 Å². The second-order valence-electron chi connectivity index (χ2n) is 6.50. The van der Waals surface area contributed by atoms with Crippen molar-refractivity contribution in [3.8, 4) is 0 Å². The molecule has 0 bridgehead atoms. The van der Waals surface area contributed by atoms with Crippen LogP contribution in [-0.4, -0.2) is 45.2 Å². The molecule has 0 spiro atoms. The Morgan fingerprint density at radius 3 is 2.89 bits per heavy atom. The first-order valence-corrected chi connectivity index (χ1v) is 8.46. The van der Waals surface area contributed by atoms with Gasteiger partial charge in [0.25, 0.3) is 0 Å². The van der Waals surface area contributed by atoms with Gasteiger partial charge in [0.05, 0.1) is 17.1 Å². The van der Waals surface area contributed by atoms with E-state index in [1.54, 1.807) is 12.1 Å². The standard InChI is InChI=1S/C17H16F3N5O2/c1-10(26)27-9-12-3-2-6-24(12)11-4-5-15-13(7-11)14(17(18,19)20)8-16-21-22-23-25(15)16/h4-5,7-8,12H,2-3,6,9H2,1H3/t12-/m1/s1. The molecular weight excluding hydrogens is 363 g/mol. The van der Waals surface area contributed by atoms with Crippen LogP contribution in [0.5, 0.6) is 0 Å². The van der Waals surface area contributed by atoms with E-state index >= 15 is 0 Å². The van der Waals surface area contributed by atoms with Crippen LogP contribution in [-0.2, 0) is 15.7 Å². The topological polar surface area (TPSA) is 72.6 Å². The number of alkyl halides is 3. The largest absolute Gasteiger partial charge is 0.464 e. The lowest BCUT2D eigenvalue weighted by Gasteiger charge is -2.27.